The van der Waals surface area contributed by atoms with Crippen LogP contribution in [0.5, 0.6) is 0 Å². The van der Waals surface area contributed by atoms with Crippen molar-refractivity contribution in [2.24, 2.45) is 5.73 Å². The third-order valence-corrected chi connectivity index (χ3v) is 8.51. The predicted octanol–water partition coefficient (Wildman–Crippen LogP) is 0.220. The Bertz CT molecular complexity index is 895. The van der Waals surface area contributed by atoms with Crippen LogP contribution in [0.3, 0.4) is 0 Å². The second-order valence-electron chi connectivity index (χ2n) is 6.49. The van der Waals surface area contributed by atoms with Gasteiger partial charge in [-0.1, -0.05) is 6.07 Å². The highest BCUT2D eigenvalue weighted by atomic mass is 32.2. The van der Waals surface area contributed by atoms with Gasteiger partial charge in [-0.2, -0.15) is 4.31 Å². The van der Waals surface area contributed by atoms with E-state index in [-0.39, 0.29) is 41.5 Å². The Balaban J connectivity index is 2.58. The van der Waals surface area contributed by atoms with Gasteiger partial charge >= 0.3 is 5.97 Å². The average molecular weight is 390 g/mol. The molecule has 1 aromatic carbocycles. The third-order valence-electron chi connectivity index (χ3n) is 4.42. The largest absolute Gasteiger partial charge is 0.478 e. The number of hydrogen-bond donors (Lipinski definition) is 2. The molecule has 25 heavy (non-hydrogen) atoms. The number of aryl methyl sites for hydroxylation is 1. The Hall–Kier alpha value is -1.49. The number of hydrogen-bond acceptors (Lipinski definition) is 6. The lowest BCUT2D eigenvalue weighted by molar-refractivity contribution is 0.0696. The molecule has 140 valence electrons. The molecule has 0 amide bonds. The van der Waals surface area contributed by atoms with Gasteiger partial charge < -0.3 is 10.8 Å². The molecule has 0 aliphatic carbocycles. The number of sulfonamides is 1. The molecule has 1 aliphatic heterocycles. The van der Waals surface area contributed by atoms with Crippen LogP contribution < -0.4 is 5.73 Å². The molecule has 1 aliphatic rings. The van der Waals surface area contributed by atoms with Crippen molar-refractivity contribution in [2.75, 3.05) is 24.6 Å². The molecule has 1 aromatic rings. The maximum absolute atomic E-state index is 13.2. The van der Waals surface area contributed by atoms with Crippen molar-refractivity contribution in [2.45, 2.75) is 30.7 Å². The van der Waals surface area contributed by atoms with Crippen LogP contribution in [0.25, 0.3) is 0 Å². The summed E-state index contributed by atoms with van der Waals surface area (Å²) >= 11 is 0. The van der Waals surface area contributed by atoms with Crippen LogP contribution in [-0.4, -0.2) is 62.4 Å². The zero-order valence-electron chi connectivity index (χ0n) is 14.1. The van der Waals surface area contributed by atoms with E-state index in [4.69, 9.17) is 10.8 Å². The minimum atomic E-state index is -4.12. The van der Waals surface area contributed by atoms with Crippen LogP contribution in [0.15, 0.2) is 23.1 Å². The lowest BCUT2D eigenvalue weighted by Gasteiger charge is -2.36. The minimum Gasteiger partial charge on any atom is -0.478 e. The van der Waals surface area contributed by atoms with E-state index in [1.54, 1.807) is 13.8 Å². The number of nitrogens with zero attached hydrogens (tertiary/aromatic N) is 1. The number of nitrogens with two attached hydrogens (primary N) is 1. The number of carboxylic acid groups (broad SMARTS) is 1. The van der Waals surface area contributed by atoms with Crippen molar-refractivity contribution in [1.82, 2.24) is 4.31 Å². The van der Waals surface area contributed by atoms with Gasteiger partial charge in [0.15, 0.2) is 9.84 Å². The van der Waals surface area contributed by atoms with Crippen LogP contribution in [-0.2, 0) is 19.9 Å². The van der Waals surface area contributed by atoms with Crippen LogP contribution in [0, 0.1) is 6.92 Å². The molecule has 1 saturated heterocycles. The van der Waals surface area contributed by atoms with Gasteiger partial charge in [-0.15, -0.1) is 0 Å². The fourth-order valence-electron chi connectivity index (χ4n) is 3.12. The summed E-state index contributed by atoms with van der Waals surface area (Å²) in [6.45, 7) is 3.12. The van der Waals surface area contributed by atoms with Gasteiger partial charge in [0.1, 0.15) is 0 Å². The van der Waals surface area contributed by atoms with Gasteiger partial charge in [-0.3, -0.25) is 0 Å². The Kier molecular flexibility index (Phi) is 5.29. The molecule has 0 saturated carbocycles. The molecular weight excluding hydrogens is 368 g/mol. The van der Waals surface area contributed by atoms with E-state index in [9.17, 15) is 21.6 Å². The highest BCUT2D eigenvalue weighted by Crippen LogP contribution is 2.34. The van der Waals surface area contributed by atoms with Crippen LogP contribution in [0.4, 0.5) is 0 Å². The summed E-state index contributed by atoms with van der Waals surface area (Å²) in [5.41, 5.74) is 4.69. The number of aromatic carboxylic acids is 1. The average Bonchev–Trinajstić information content (AvgIpc) is 2.78. The predicted molar refractivity (Wildman–Crippen MR) is 92.8 cm³/mol. The number of sulfone groups is 1. The zero-order valence-corrected chi connectivity index (χ0v) is 15.7. The van der Waals surface area contributed by atoms with Crippen molar-refractivity contribution in [3.05, 3.63) is 29.3 Å². The first-order valence-corrected chi connectivity index (χ1v) is 11.0. The quantitative estimate of drug-likeness (QED) is 0.709. The molecule has 8 nitrogen and oxygen atoms in total. The van der Waals surface area contributed by atoms with Crippen molar-refractivity contribution in [3.63, 3.8) is 0 Å². The van der Waals surface area contributed by atoms with E-state index in [0.717, 1.165) is 10.4 Å². The molecule has 3 N–H and O–H groups in total. The van der Waals surface area contributed by atoms with Crippen LogP contribution in [0.2, 0.25) is 0 Å². The summed E-state index contributed by atoms with van der Waals surface area (Å²) in [6, 6.07) is 3.85. The molecule has 0 spiro atoms. The smallest absolute Gasteiger partial charge is 0.335 e. The van der Waals surface area contributed by atoms with Crippen molar-refractivity contribution < 1.29 is 26.7 Å². The van der Waals surface area contributed by atoms with Gasteiger partial charge in [0.05, 0.1) is 22.0 Å². The highest BCUT2D eigenvalue weighted by molar-refractivity contribution is 7.92. The lowest BCUT2D eigenvalue weighted by Crippen LogP contribution is -2.52. The molecular formula is C15H22N2O6S2. The second-order valence-corrected chi connectivity index (χ2v) is 10.5. The Morgan fingerprint density at radius 1 is 1.40 bits per heavy atom. The van der Waals surface area contributed by atoms with E-state index >= 15 is 0 Å². The standard InChI is InChI=1S/C15H22N2O6S2/c1-11-3-4-12(14(18)19)9-13(11)25(22,23)17(7-6-16)15(2)5-8-24(20,21)10-15/h3-4,9H,5-8,10,16H2,1-2H3,(H,18,19)/t15-/m0/s1. The number of carboxylic acids is 1. The monoisotopic (exact) mass is 390 g/mol. The van der Waals surface area contributed by atoms with Gasteiger partial charge in [-0.05, 0) is 38.0 Å². The fraction of sp³-hybridized carbons (Fsp3) is 0.533. The normalized spacial score (nSPS) is 23.0. The number of benzene rings is 1. The summed E-state index contributed by atoms with van der Waals surface area (Å²) in [6.07, 6.45) is 0.173. The minimum absolute atomic E-state index is 0.0204. The maximum Gasteiger partial charge on any atom is 0.335 e. The molecule has 1 fully saturated rings. The molecule has 0 radical (unpaired) electrons. The highest BCUT2D eigenvalue weighted by Gasteiger charge is 2.48. The van der Waals surface area contributed by atoms with Crippen LogP contribution >= 0.6 is 0 Å². The summed E-state index contributed by atoms with van der Waals surface area (Å²) in [5, 5.41) is 9.13. The Morgan fingerprint density at radius 2 is 2.04 bits per heavy atom. The Morgan fingerprint density at radius 3 is 2.52 bits per heavy atom. The van der Waals surface area contributed by atoms with E-state index < -0.39 is 31.4 Å². The summed E-state index contributed by atoms with van der Waals surface area (Å²) < 4.78 is 51.3. The van der Waals surface area contributed by atoms with Gasteiger partial charge in [0.2, 0.25) is 10.0 Å². The van der Waals surface area contributed by atoms with Crippen molar-refractivity contribution in [3.8, 4) is 0 Å². The van der Waals surface area contributed by atoms with Crippen molar-refractivity contribution in [1.29, 1.82) is 0 Å². The van der Waals surface area contributed by atoms with Crippen LogP contribution in [0.1, 0.15) is 29.3 Å². The molecule has 10 heteroatoms. The van der Waals surface area contributed by atoms with E-state index in [2.05, 4.69) is 0 Å². The van der Waals surface area contributed by atoms with Gasteiger partial charge in [-0.25, -0.2) is 21.6 Å². The molecule has 2 rings (SSSR count). The van der Waals surface area contributed by atoms with Gasteiger partial charge in [0, 0.05) is 18.6 Å². The van der Waals surface area contributed by atoms with E-state index in [0.29, 0.717) is 5.56 Å². The molecule has 0 aromatic heterocycles. The van der Waals surface area contributed by atoms with Gasteiger partial charge in [0.25, 0.3) is 0 Å². The first kappa shape index (κ1) is 19.8. The summed E-state index contributed by atoms with van der Waals surface area (Å²) in [5.74, 6) is -1.61. The van der Waals surface area contributed by atoms with E-state index in [1.807, 2.05) is 0 Å². The summed E-state index contributed by atoms with van der Waals surface area (Å²) in [7, 11) is -7.45. The first-order valence-electron chi connectivity index (χ1n) is 7.70. The number of carbonyl (C=O) groups is 1. The third kappa shape index (κ3) is 3.86. The second kappa shape index (κ2) is 6.67. The molecule has 1 heterocycles. The molecule has 0 unspecified atom stereocenters. The lowest BCUT2D eigenvalue weighted by atomic mass is 10.0. The number of rotatable bonds is 6. The fourth-order valence-corrected chi connectivity index (χ4v) is 7.41. The topological polar surface area (TPSA) is 135 Å². The Labute approximate surface area is 147 Å². The van der Waals surface area contributed by atoms with Crippen molar-refractivity contribution >= 4 is 25.8 Å². The first-order chi connectivity index (χ1) is 11.4. The zero-order chi connectivity index (χ0) is 19.0. The summed E-state index contributed by atoms with van der Waals surface area (Å²) in [4.78, 5) is 11.0. The molecule has 1 atom stereocenters. The maximum atomic E-state index is 13.2. The molecule has 0 bridgehead atoms. The SMILES string of the molecule is Cc1ccc(C(=O)O)cc1S(=O)(=O)N(CCN)[C@@]1(C)CCS(=O)(=O)C1. The van der Waals surface area contributed by atoms with E-state index in [1.165, 1.54) is 12.1 Å².